The van der Waals surface area contributed by atoms with Crippen LogP contribution in [0.5, 0.6) is 0 Å². The summed E-state index contributed by atoms with van der Waals surface area (Å²) >= 11 is 4.88. The second-order valence-corrected chi connectivity index (χ2v) is 5.43. The Morgan fingerprint density at radius 3 is 2.30 bits per heavy atom. The van der Waals surface area contributed by atoms with Crippen LogP contribution in [0, 0.1) is 0 Å². The third kappa shape index (κ3) is 4.88. The smallest absolute Gasteiger partial charge is 0.236 e. The Balaban J connectivity index is 2.59. The van der Waals surface area contributed by atoms with E-state index in [9.17, 15) is 9.90 Å². The standard InChI is InChI=1S/C14H21N3O2S/c1-16(2)13(19)9-17(3)8-12(18)10-4-6-11(7-5-10)14(15)20/h4-7,12,18H,8-9H2,1-3H3,(H2,15,20). The van der Waals surface area contributed by atoms with Crippen LogP contribution in [0.15, 0.2) is 24.3 Å². The minimum atomic E-state index is -0.657. The lowest BCUT2D eigenvalue weighted by Gasteiger charge is -2.22. The van der Waals surface area contributed by atoms with Crippen molar-refractivity contribution in [1.82, 2.24) is 9.80 Å². The number of aliphatic hydroxyl groups is 1. The molecule has 0 saturated heterocycles. The topological polar surface area (TPSA) is 69.8 Å². The summed E-state index contributed by atoms with van der Waals surface area (Å²) < 4.78 is 0. The Bertz CT molecular complexity index is 474. The highest BCUT2D eigenvalue weighted by atomic mass is 32.1. The quantitative estimate of drug-likeness (QED) is 0.742. The van der Waals surface area contributed by atoms with Crippen molar-refractivity contribution in [3.8, 4) is 0 Å². The largest absolute Gasteiger partial charge is 0.389 e. The molecule has 1 aromatic carbocycles. The fourth-order valence-corrected chi connectivity index (χ4v) is 1.84. The normalized spacial score (nSPS) is 12.2. The highest BCUT2D eigenvalue weighted by Gasteiger charge is 2.14. The maximum Gasteiger partial charge on any atom is 0.236 e. The van der Waals surface area contributed by atoms with Gasteiger partial charge in [0.05, 0.1) is 12.6 Å². The summed E-state index contributed by atoms with van der Waals surface area (Å²) in [6.07, 6.45) is -0.657. The zero-order chi connectivity index (χ0) is 15.3. The minimum Gasteiger partial charge on any atom is -0.389 e. The van der Waals surface area contributed by atoms with Gasteiger partial charge in [-0.15, -0.1) is 0 Å². The molecule has 0 saturated carbocycles. The van der Waals surface area contributed by atoms with E-state index in [2.05, 4.69) is 0 Å². The van der Waals surface area contributed by atoms with Crippen molar-refractivity contribution in [2.24, 2.45) is 5.73 Å². The molecule has 1 unspecified atom stereocenters. The lowest BCUT2D eigenvalue weighted by atomic mass is 10.1. The van der Waals surface area contributed by atoms with Gasteiger partial charge in [0.2, 0.25) is 5.91 Å². The molecule has 1 atom stereocenters. The number of carbonyl (C=O) groups excluding carboxylic acids is 1. The predicted molar refractivity (Wildman–Crippen MR) is 83.5 cm³/mol. The minimum absolute atomic E-state index is 0.00327. The molecule has 20 heavy (non-hydrogen) atoms. The first kappa shape index (κ1) is 16.6. The molecule has 0 aliphatic carbocycles. The van der Waals surface area contributed by atoms with Crippen molar-refractivity contribution in [1.29, 1.82) is 0 Å². The number of hydrogen-bond donors (Lipinski definition) is 2. The monoisotopic (exact) mass is 295 g/mol. The van der Waals surface area contributed by atoms with Gasteiger partial charge in [-0.05, 0) is 12.6 Å². The average molecular weight is 295 g/mol. The van der Waals surface area contributed by atoms with Crippen molar-refractivity contribution in [2.75, 3.05) is 34.2 Å². The van der Waals surface area contributed by atoms with E-state index in [4.69, 9.17) is 18.0 Å². The number of thiocarbonyl (C=S) groups is 1. The zero-order valence-electron chi connectivity index (χ0n) is 12.0. The molecule has 0 spiro atoms. The molecule has 0 aromatic heterocycles. The van der Waals surface area contributed by atoms with Crippen LogP contribution in [0.4, 0.5) is 0 Å². The van der Waals surface area contributed by atoms with Crippen molar-refractivity contribution < 1.29 is 9.90 Å². The van der Waals surface area contributed by atoms with Crippen LogP contribution in [0.1, 0.15) is 17.2 Å². The second-order valence-electron chi connectivity index (χ2n) is 4.99. The fraction of sp³-hybridized carbons (Fsp3) is 0.429. The molecule has 5 nitrogen and oxygen atoms in total. The molecule has 0 aliphatic rings. The third-order valence-electron chi connectivity index (χ3n) is 2.97. The second kappa shape index (κ2) is 7.33. The van der Waals surface area contributed by atoms with Crippen LogP contribution in [0.3, 0.4) is 0 Å². The molecule has 0 aliphatic heterocycles. The van der Waals surface area contributed by atoms with E-state index in [1.165, 1.54) is 4.90 Å². The highest BCUT2D eigenvalue weighted by Crippen LogP contribution is 2.15. The first-order valence-electron chi connectivity index (χ1n) is 6.27. The van der Waals surface area contributed by atoms with Gasteiger partial charge in [-0.2, -0.15) is 0 Å². The number of nitrogens with zero attached hydrogens (tertiary/aromatic N) is 2. The van der Waals surface area contributed by atoms with E-state index in [-0.39, 0.29) is 12.5 Å². The fourth-order valence-electron chi connectivity index (χ4n) is 1.71. The molecule has 1 amide bonds. The van der Waals surface area contributed by atoms with Crippen LogP contribution in [0.2, 0.25) is 0 Å². The van der Waals surface area contributed by atoms with Gasteiger partial charge in [-0.3, -0.25) is 9.69 Å². The molecule has 0 radical (unpaired) electrons. The SMILES string of the molecule is CN(CC(=O)N(C)C)CC(O)c1ccc(C(N)=S)cc1. The summed E-state index contributed by atoms with van der Waals surface area (Å²) in [4.78, 5) is 15.2. The number of amides is 1. The first-order chi connectivity index (χ1) is 9.31. The van der Waals surface area contributed by atoms with E-state index in [1.807, 2.05) is 0 Å². The van der Waals surface area contributed by atoms with Crippen LogP contribution < -0.4 is 5.73 Å². The molecular weight excluding hydrogens is 274 g/mol. The molecule has 1 aromatic rings. The Kier molecular flexibility index (Phi) is 6.06. The van der Waals surface area contributed by atoms with Crippen LogP contribution in [0.25, 0.3) is 0 Å². The first-order valence-corrected chi connectivity index (χ1v) is 6.68. The van der Waals surface area contributed by atoms with Gasteiger partial charge in [0.15, 0.2) is 0 Å². The number of nitrogens with two attached hydrogens (primary N) is 1. The van der Waals surface area contributed by atoms with Gasteiger partial charge in [-0.25, -0.2) is 0 Å². The van der Waals surface area contributed by atoms with Crippen molar-refractivity contribution >= 4 is 23.1 Å². The molecule has 110 valence electrons. The summed E-state index contributed by atoms with van der Waals surface area (Å²) in [6, 6.07) is 7.15. The molecular formula is C14H21N3O2S. The lowest BCUT2D eigenvalue weighted by Crippen LogP contribution is -2.36. The zero-order valence-corrected chi connectivity index (χ0v) is 12.9. The van der Waals surface area contributed by atoms with E-state index < -0.39 is 6.10 Å². The van der Waals surface area contributed by atoms with Gasteiger partial charge >= 0.3 is 0 Å². The Hall–Kier alpha value is -1.50. The molecule has 3 N–H and O–H groups in total. The number of benzene rings is 1. The van der Waals surface area contributed by atoms with E-state index in [1.54, 1.807) is 50.3 Å². The summed E-state index contributed by atoms with van der Waals surface area (Å²) in [5, 5.41) is 10.1. The average Bonchev–Trinajstić information content (AvgIpc) is 2.38. The number of aliphatic hydroxyl groups excluding tert-OH is 1. The van der Waals surface area contributed by atoms with E-state index in [0.29, 0.717) is 11.5 Å². The molecule has 1 rings (SSSR count). The predicted octanol–water partition coefficient (Wildman–Crippen LogP) is 0.374. The number of hydrogen-bond acceptors (Lipinski definition) is 4. The maximum absolute atomic E-state index is 11.6. The Morgan fingerprint density at radius 1 is 1.30 bits per heavy atom. The summed E-state index contributed by atoms with van der Waals surface area (Å²) in [6.45, 7) is 0.654. The van der Waals surface area contributed by atoms with E-state index >= 15 is 0 Å². The highest BCUT2D eigenvalue weighted by molar-refractivity contribution is 7.80. The third-order valence-corrected chi connectivity index (χ3v) is 3.20. The number of likely N-dealkylation sites (N-methyl/N-ethyl adjacent to an activating group) is 2. The Labute approximate surface area is 125 Å². The molecule has 0 bridgehead atoms. The lowest BCUT2D eigenvalue weighted by molar-refractivity contribution is -0.129. The molecule has 0 fully saturated rings. The Morgan fingerprint density at radius 2 is 1.85 bits per heavy atom. The van der Waals surface area contributed by atoms with Gasteiger partial charge in [0.1, 0.15) is 4.99 Å². The van der Waals surface area contributed by atoms with Crippen molar-refractivity contribution in [3.63, 3.8) is 0 Å². The van der Waals surface area contributed by atoms with Crippen molar-refractivity contribution in [3.05, 3.63) is 35.4 Å². The summed E-state index contributed by atoms with van der Waals surface area (Å²) in [5.41, 5.74) is 7.07. The van der Waals surface area contributed by atoms with Crippen LogP contribution in [-0.2, 0) is 4.79 Å². The van der Waals surface area contributed by atoms with Gasteiger partial charge in [0.25, 0.3) is 0 Å². The summed E-state index contributed by atoms with van der Waals surface area (Å²) in [5.74, 6) is 0.00327. The number of rotatable bonds is 6. The van der Waals surface area contributed by atoms with Gasteiger partial charge in [-0.1, -0.05) is 36.5 Å². The number of carbonyl (C=O) groups is 1. The van der Waals surface area contributed by atoms with Crippen LogP contribution in [-0.4, -0.2) is 60.0 Å². The van der Waals surface area contributed by atoms with E-state index in [0.717, 1.165) is 11.1 Å². The van der Waals surface area contributed by atoms with Crippen LogP contribution >= 0.6 is 12.2 Å². The molecule has 0 heterocycles. The maximum atomic E-state index is 11.6. The molecule has 6 heteroatoms. The van der Waals surface area contributed by atoms with Gasteiger partial charge in [0, 0.05) is 26.2 Å². The van der Waals surface area contributed by atoms with Gasteiger partial charge < -0.3 is 15.7 Å². The van der Waals surface area contributed by atoms with Crippen molar-refractivity contribution in [2.45, 2.75) is 6.10 Å². The summed E-state index contributed by atoms with van der Waals surface area (Å²) in [7, 11) is 5.22.